The van der Waals surface area contributed by atoms with Gasteiger partial charge in [-0.05, 0) is 62.4 Å². The molecule has 0 saturated heterocycles. The highest BCUT2D eigenvalue weighted by Crippen LogP contribution is 2.35. The van der Waals surface area contributed by atoms with Crippen LogP contribution in [-0.4, -0.2) is 23.8 Å². The highest BCUT2D eigenvalue weighted by Gasteiger charge is 2.14. The zero-order valence-corrected chi connectivity index (χ0v) is 16.1. The number of amides is 1. The summed E-state index contributed by atoms with van der Waals surface area (Å²) in [4.78, 5) is 16.7. The van der Waals surface area contributed by atoms with Gasteiger partial charge in [-0.2, -0.15) is 0 Å². The van der Waals surface area contributed by atoms with Gasteiger partial charge in [-0.1, -0.05) is 0 Å². The Morgan fingerprint density at radius 3 is 2.48 bits per heavy atom. The number of hydrogen-bond donors (Lipinski definition) is 2. The van der Waals surface area contributed by atoms with Gasteiger partial charge in [0.25, 0.3) is 5.91 Å². The van der Waals surface area contributed by atoms with E-state index in [-0.39, 0.29) is 18.8 Å². The number of pyridine rings is 1. The summed E-state index contributed by atoms with van der Waals surface area (Å²) in [5, 5.41) is 6.09. The number of carbonyl (C=O) groups is 1. The van der Waals surface area contributed by atoms with Crippen LogP contribution < -0.4 is 24.8 Å². The van der Waals surface area contributed by atoms with Crippen molar-refractivity contribution in [2.24, 2.45) is 0 Å². The van der Waals surface area contributed by atoms with E-state index in [1.54, 1.807) is 30.5 Å². The van der Waals surface area contributed by atoms with Crippen molar-refractivity contribution in [3.8, 4) is 17.2 Å². The fraction of sp³-hybridized carbons (Fsp3) is 0.182. The molecule has 7 nitrogen and oxygen atoms in total. The molecular formula is C22H21N3O4. The largest absolute Gasteiger partial charge is 0.491 e. The number of fused-ring (bicyclic) bond motifs is 1. The Kier molecular flexibility index (Phi) is 5.20. The maximum absolute atomic E-state index is 12.6. The Balaban J connectivity index is 1.43. The molecule has 2 aromatic carbocycles. The first-order valence-electron chi connectivity index (χ1n) is 9.27. The first-order valence-corrected chi connectivity index (χ1v) is 9.27. The van der Waals surface area contributed by atoms with E-state index in [9.17, 15) is 4.79 Å². The molecule has 1 aliphatic rings. The van der Waals surface area contributed by atoms with E-state index in [0.29, 0.717) is 17.1 Å². The summed E-state index contributed by atoms with van der Waals surface area (Å²) in [7, 11) is 0. The van der Waals surface area contributed by atoms with Crippen LogP contribution in [-0.2, 0) is 0 Å². The first kappa shape index (κ1) is 18.6. The number of anilines is 3. The third kappa shape index (κ3) is 4.57. The van der Waals surface area contributed by atoms with Crippen LogP contribution in [0.3, 0.4) is 0 Å². The summed E-state index contributed by atoms with van der Waals surface area (Å²) in [5.41, 5.74) is 2.54. The fourth-order valence-corrected chi connectivity index (χ4v) is 2.86. The average Bonchev–Trinajstić information content (AvgIpc) is 3.17. The molecule has 0 bridgehead atoms. The lowest BCUT2D eigenvalue weighted by molar-refractivity contribution is 0.102. The third-order valence-electron chi connectivity index (χ3n) is 4.14. The minimum atomic E-state index is -0.295. The smallest absolute Gasteiger partial charge is 0.274 e. The minimum Gasteiger partial charge on any atom is -0.491 e. The van der Waals surface area contributed by atoms with E-state index < -0.39 is 0 Å². The van der Waals surface area contributed by atoms with E-state index in [0.717, 1.165) is 22.9 Å². The van der Waals surface area contributed by atoms with Crippen LogP contribution in [0.1, 0.15) is 24.3 Å². The van der Waals surface area contributed by atoms with Crippen molar-refractivity contribution >= 4 is 23.0 Å². The quantitative estimate of drug-likeness (QED) is 0.639. The summed E-state index contributed by atoms with van der Waals surface area (Å²) < 4.78 is 16.3. The number of nitrogens with one attached hydrogen (secondary N) is 2. The number of benzene rings is 2. The molecule has 29 heavy (non-hydrogen) atoms. The number of rotatable bonds is 6. The summed E-state index contributed by atoms with van der Waals surface area (Å²) >= 11 is 0. The molecule has 0 spiro atoms. The number of ether oxygens (including phenoxy) is 3. The second-order valence-electron chi connectivity index (χ2n) is 6.77. The van der Waals surface area contributed by atoms with Gasteiger partial charge in [0.15, 0.2) is 11.5 Å². The molecule has 7 heteroatoms. The van der Waals surface area contributed by atoms with Gasteiger partial charge in [0.2, 0.25) is 6.79 Å². The second kappa shape index (κ2) is 8.10. The van der Waals surface area contributed by atoms with Crippen LogP contribution >= 0.6 is 0 Å². The van der Waals surface area contributed by atoms with Gasteiger partial charge in [-0.15, -0.1) is 0 Å². The van der Waals surface area contributed by atoms with Gasteiger partial charge in [-0.3, -0.25) is 9.78 Å². The molecule has 1 amide bonds. The zero-order chi connectivity index (χ0) is 20.2. The zero-order valence-electron chi connectivity index (χ0n) is 16.1. The van der Waals surface area contributed by atoms with Gasteiger partial charge in [-0.25, -0.2) is 0 Å². The van der Waals surface area contributed by atoms with E-state index in [4.69, 9.17) is 14.2 Å². The summed E-state index contributed by atoms with van der Waals surface area (Å²) in [6.07, 6.45) is 1.68. The highest BCUT2D eigenvalue weighted by molar-refractivity contribution is 6.03. The Morgan fingerprint density at radius 2 is 1.69 bits per heavy atom. The Morgan fingerprint density at radius 1 is 0.966 bits per heavy atom. The molecule has 1 aliphatic heterocycles. The molecule has 148 valence electrons. The minimum absolute atomic E-state index is 0.0969. The predicted octanol–water partition coefficient (Wildman–Crippen LogP) is 4.59. The van der Waals surface area contributed by atoms with E-state index in [1.807, 2.05) is 44.2 Å². The highest BCUT2D eigenvalue weighted by atomic mass is 16.7. The van der Waals surface area contributed by atoms with Crippen molar-refractivity contribution in [1.82, 2.24) is 4.98 Å². The van der Waals surface area contributed by atoms with Crippen LogP contribution in [0.25, 0.3) is 0 Å². The van der Waals surface area contributed by atoms with Crippen molar-refractivity contribution in [2.75, 3.05) is 17.4 Å². The summed E-state index contributed by atoms with van der Waals surface area (Å²) in [6, 6.07) is 16.3. The van der Waals surface area contributed by atoms with Crippen LogP contribution in [0, 0.1) is 0 Å². The topological polar surface area (TPSA) is 81.7 Å². The Hall–Kier alpha value is -3.74. The molecular weight excluding hydrogens is 370 g/mol. The van der Waals surface area contributed by atoms with Crippen LogP contribution in [0.15, 0.2) is 60.8 Å². The molecule has 0 fully saturated rings. The molecule has 0 radical (unpaired) electrons. The number of aromatic nitrogens is 1. The predicted molar refractivity (Wildman–Crippen MR) is 110 cm³/mol. The van der Waals surface area contributed by atoms with E-state index in [1.165, 1.54) is 0 Å². The van der Waals surface area contributed by atoms with E-state index in [2.05, 4.69) is 15.6 Å². The van der Waals surface area contributed by atoms with Crippen molar-refractivity contribution in [3.05, 3.63) is 66.5 Å². The first-order chi connectivity index (χ1) is 14.1. The van der Waals surface area contributed by atoms with Crippen LogP contribution in [0.5, 0.6) is 17.2 Å². The van der Waals surface area contributed by atoms with Crippen LogP contribution in [0.2, 0.25) is 0 Å². The molecule has 0 saturated carbocycles. The van der Waals surface area contributed by atoms with Gasteiger partial charge in [0.05, 0.1) is 6.10 Å². The lowest BCUT2D eigenvalue weighted by atomic mass is 10.2. The molecule has 2 heterocycles. The van der Waals surface area contributed by atoms with Crippen molar-refractivity contribution in [3.63, 3.8) is 0 Å². The molecule has 0 atom stereocenters. The van der Waals surface area contributed by atoms with Gasteiger partial charge < -0.3 is 24.8 Å². The summed E-state index contributed by atoms with van der Waals surface area (Å²) in [6.45, 7) is 4.15. The molecule has 1 aromatic heterocycles. The molecule has 4 rings (SSSR count). The SMILES string of the molecule is CC(C)Oc1ccc(NC(=O)c2cc(Nc3ccc4c(c3)OCO4)ccn2)cc1. The van der Waals surface area contributed by atoms with E-state index >= 15 is 0 Å². The second-order valence-corrected chi connectivity index (χ2v) is 6.77. The maximum Gasteiger partial charge on any atom is 0.274 e. The fourth-order valence-electron chi connectivity index (χ4n) is 2.86. The number of nitrogens with zero attached hydrogens (tertiary/aromatic N) is 1. The van der Waals surface area contributed by atoms with Gasteiger partial charge >= 0.3 is 0 Å². The maximum atomic E-state index is 12.6. The molecule has 3 aromatic rings. The monoisotopic (exact) mass is 391 g/mol. The van der Waals surface area contributed by atoms with Gasteiger partial charge in [0, 0.05) is 29.3 Å². The lowest BCUT2D eigenvalue weighted by Crippen LogP contribution is -2.14. The van der Waals surface area contributed by atoms with Crippen molar-refractivity contribution < 1.29 is 19.0 Å². The lowest BCUT2D eigenvalue weighted by Gasteiger charge is -2.11. The molecule has 0 aliphatic carbocycles. The van der Waals surface area contributed by atoms with Crippen molar-refractivity contribution in [2.45, 2.75) is 20.0 Å². The third-order valence-corrected chi connectivity index (χ3v) is 4.14. The standard InChI is InChI=1S/C22H21N3O4/c1-14(2)29-18-6-3-15(4-7-18)25-22(26)19-11-17(9-10-23-19)24-16-5-8-20-21(12-16)28-13-27-20/h3-12,14H,13H2,1-2H3,(H,23,24)(H,25,26). The average molecular weight is 391 g/mol. The molecule has 0 unspecified atom stereocenters. The number of carbonyl (C=O) groups excluding carboxylic acids is 1. The number of hydrogen-bond acceptors (Lipinski definition) is 6. The Labute approximate surface area is 168 Å². The Bertz CT molecular complexity index is 1020. The molecule has 2 N–H and O–H groups in total. The van der Waals surface area contributed by atoms with Crippen LogP contribution in [0.4, 0.5) is 17.1 Å². The van der Waals surface area contributed by atoms with Crippen molar-refractivity contribution in [1.29, 1.82) is 0 Å². The normalized spacial score (nSPS) is 12.0. The van der Waals surface area contributed by atoms with Gasteiger partial charge in [0.1, 0.15) is 11.4 Å². The summed E-state index contributed by atoms with van der Waals surface area (Å²) in [5.74, 6) is 1.87.